The highest BCUT2D eigenvalue weighted by Crippen LogP contribution is 2.50. The van der Waals surface area contributed by atoms with E-state index in [-0.39, 0.29) is 80.6 Å². The number of epoxide rings is 1. The van der Waals surface area contributed by atoms with Crippen LogP contribution in [0.5, 0.6) is 0 Å². The maximum Gasteiger partial charge on any atom is 0.334 e. The van der Waals surface area contributed by atoms with Crippen LogP contribution in [0.25, 0.3) is 0 Å². The van der Waals surface area contributed by atoms with Crippen LogP contribution in [0.4, 0.5) is 10.5 Å². The van der Waals surface area contributed by atoms with Gasteiger partial charge in [0.1, 0.15) is 41.3 Å². The summed E-state index contributed by atoms with van der Waals surface area (Å²) in [5, 5.41) is 18.1. The summed E-state index contributed by atoms with van der Waals surface area (Å²) in [6.45, 7) is 19.7. The minimum absolute atomic E-state index is 0.000502. The lowest BCUT2D eigenvalue weighted by molar-refractivity contribution is -0.187. The molecule has 2 aromatic rings. The molecule has 0 spiro atoms. The van der Waals surface area contributed by atoms with Crippen molar-refractivity contribution >= 4 is 86.4 Å². The number of carbonyl (C=O) groups excluding carboxylic acids is 9. The molecule has 2 saturated heterocycles. The Bertz CT molecular complexity index is 2970. The number of ketones is 2. The number of ether oxygens (including phenoxy) is 5. The zero-order chi connectivity index (χ0) is 64.8. The number of urea groups is 1. The van der Waals surface area contributed by atoms with Crippen molar-refractivity contribution in [2.75, 3.05) is 38.0 Å². The number of aliphatic hydroxyl groups is 1. The van der Waals surface area contributed by atoms with Crippen LogP contribution in [0, 0.1) is 31.6 Å². The smallest absolute Gasteiger partial charge is 0.334 e. The first-order valence-electron chi connectivity index (χ1n) is 29.8. The fraction of sp³-hybridized carbons (Fsp3) is 0.585. The predicted octanol–water partition coefficient (Wildman–Crippen LogP) is 8.41. The van der Waals surface area contributed by atoms with Gasteiger partial charge in [-0.25, -0.2) is 14.4 Å². The van der Waals surface area contributed by atoms with Gasteiger partial charge in [-0.1, -0.05) is 90.8 Å². The van der Waals surface area contributed by atoms with Gasteiger partial charge in [0.2, 0.25) is 11.8 Å². The molecule has 5 rings (SSSR count). The fourth-order valence-electron chi connectivity index (χ4n) is 11.2. The number of likely N-dealkylation sites (N-methyl/N-ethyl adjacent to an activating group) is 1. The number of allylic oxidation sites excluding steroid dienone is 3. The SMILES string of the molecule is C=C(CBr)C(=O)OC(C)CCCCC(=O)C[C@H](C(=O)N[C@@H](CCCNC(N)=O)C(=O)Cc1ccc(C(=O)N(C)[C@@H](C)C(=O)O[C@H]2CC(=O)N(C)c3cc(cc(C)c3Cl)C/C(C)=C/C=C/[C@@H](OC)[C@]3(O)CC(=O)O[C@@H](C3)[C@@H](C)[C@@H]3O[C@@]23C)cc1C)C(C)C. The second-order valence-electron chi connectivity index (χ2n) is 24.3. The minimum atomic E-state index is -1.64. The van der Waals surface area contributed by atoms with Gasteiger partial charge in [0.15, 0.2) is 5.78 Å². The highest BCUT2D eigenvalue weighted by Gasteiger charge is 2.64. The Morgan fingerprint density at radius 2 is 1.71 bits per heavy atom. The zero-order valence-corrected chi connectivity index (χ0v) is 54.7. The normalized spacial score (nSPS) is 24.6. The van der Waals surface area contributed by atoms with Gasteiger partial charge in [0, 0.05) is 81.7 Å². The van der Waals surface area contributed by atoms with E-state index in [0.29, 0.717) is 64.8 Å². The molecule has 22 heteroatoms. The number of hydrogen-bond acceptors (Lipinski definition) is 15. The summed E-state index contributed by atoms with van der Waals surface area (Å²) in [6.07, 6.45) is 3.25. The Morgan fingerprint density at radius 3 is 2.36 bits per heavy atom. The molecule has 0 radical (unpaired) electrons. The number of benzene rings is 2. The van der Waals surface area contributed by atoms with Crippen LogP contribution in [0.1, 0.15) is 145 Å². The molecule has 3 aliphatic rings. The van der Waals surface area contributed by atoms with Crippen LogP contribution >= 0.6 is 27.5 Å². The molecule has 4 bridgehead atoms. The van der Waals surface area contributed by atoms with E-state index in [0.717, 1.165) is 16.7 Å². The summed E-state index contributed by atoms with van der Waals surface area (Å²) >= 11 is 10.1. The predicted molar refractivity (Wildman–Crippen MR) is 333 cm³/mol. The average molecular weight is 1300 g/mol. The molecule has 87 heavy (non-hydrogen) atoms. The van der Waals surface area contributed by atoms with Gasteiger partial charge >= 0.3 is 23.9 Å². The number of hydrogen-bond donors (Lipinski definition) is 4. The molecule has 11 atom stereocenters. The van der Waals surface area contributed by atoms with E-state index in [1.807, 2.05) is 45.9 Å². The van der Waals surface area contributed by atoms with E-state index in [1.165, 1.54) is 36.9 Å². The first kappa shape index (κ1) is 71.5. The van der Waals surface area contributed by atoms with Gasteiger partial charge in [-0.3, -0.25) is 28.8 Å². The number of amides is 5. The van der Waals surface area contributed by atoms with Crippen LogP contribution in [-0.4, -0.2) is 150 Å². The molecular formula is C65H89BrClN5O15. The second-order valence-corrected chi connectivity index (χ2v) is 25.3. The summed E-state index contributed by atoms with van der Waals surface area (Å²) in [5.41, 5.74) is 6.95. The summed E-state index contributed by atoms with van der Waals surface area (Å²) in [7, 11) is 4.48. The third kappa shape index (κ3) is 19.4. The molecule has 3 aliphatic heterocycles. The average Bonchev–Trinajstić information content (AvgIpc) is 1.59. The zero-order valence-electron chi connectivity index (χ0n) is 52.4. The lowest BCUT2D eigenvalue weighted by atomic mass is 9.78. The van der Waals surface area contributed by atoms with Crippen LogP contribution in [0.2, 0.25) is 5.02 Å². The van der Waals surface area contributed by atoms with Gasteiger partial charge in [0.05, 0.1) is 41.8 Å². The Labute approximate surface area is 525 Å². The molecule has 3 heterocycles. The Hall–Kier alpha value is -6.26. The van der Waals surface area contributed by atoms with Gasteiger partial charge in [-0.05, 0) is 126 Å². The Morgan fingerprint density at radius 1 is 1.01 bits per heavy atom. The number of aryl methyl sites for hydroxylation is 2. The molecule has 478 valence electrons. The van der Waals surface area contributed by atoms with Crippen molar-refractivity contribution in [3.05, 3.63) is 99.1 Å². The van der Waals surface area contributed by atoms with Crippen molar-refractivity contribution in [1.29, 1.82) is 0 Å². The number of fused-ring (bicyclic) bond motifs is 5. The number of halogens is 2. The first-order chi connectivity index (χ1) is 40.8. The van der Waals surface area contributed by atoms with Gasteiger partial charge in [-0.2, -0.15) is 0 Å². The maximum absolute atomic E-state index is 14.5. The van der Waals surface area contributed by atoms with Crippen LogP contribution < -0.4 is 21.3 Å². The van der Waals surface area contributed by atoms with Crippen LogP contribution in [-0.2, 0) is 70.1 Å². The Balaban J connectivity index is 1.31. The number of rotatable bonds is 25. The number of anilines is 1. The number of esters is 3. The third-order valence-electron chi connectivity index (χ3n) is 17.0. The van der Waals surface area contributed by atoms with Gasteiger partial charge in [-0.15, -0.1) is 0 Å². The van der Waals surface area contributed by atoms with E-state index in [9.17, 15) is 48.3 Å². The first-order valence-corrected chi connectivity index (χ1v) is 31.3. The van der Waals surface area contributed by atoms with Crippen LogP contribution in [0.15, 0.2) is 66.3 Å². The van der Waals surface area contributed by atoms with E-state index >= 15 is 0 Å². The number of nitrogens with two attached hydrogens (primary N) is 1. The van der Waals surface area contributed by atoms with Crippen molar-refractivity contribution in [1.82, 2.24) is 15.5 Å². The summed E-state index contributed by atoms with van der Waals surface area (Å²) in [6, 6.07) is 5.55. The van der Waals surface area contributed by atoms with E-state index in [1.54, 1.807) is 59.0 Å². The maximum atomic E-state index is 14.5. The third-order valence-corrected chi connectivity index (χ3v) is 18.2. The number of primary amides is 1. The van der Waals surface area contributed by atoms with E-state index in [4.69, 9.17) is 41.0 Å². The van der Waals surface area contributed by atoms with Crippen molar-refractivity contribution in [3.8, 4) is 0 Å². The van der Waals surface area contributed by atoms with Crippen molar-refractivity contribution in [2.24, 2.45) is 23.5 Å². The van der Waals surface area contributed by atoms with Crippen LogP contribution in [0.3, 0.4) is 0 Å². The number of nitrogens with zero attached hydrogens (tertiary/aromatic N) is 2. The molecule has 2 aromatic carbocycles. The fourth-order valence-corrected chi connectivity index (χ4v) is 11.7. The monoisotopic (exact) mass is 1290 g/mol. The lowest BCUT2D eigenvalue weighted by Gasteiger charge is -2.41. The second kappa shape index (κ2) is 31.8. The highest BCUT2D eigenvalue weighted by atomic mass is 79.9. The number of methoxy groups -OCH3 is 1. The molecule has 2 fully saturated rings. The molecule has 5 N–H and O–H groups in total. The van der Waals surface area contributed by atoms with Gasteiger partial charge < -0.3 is 55.0 Å². The molecule has 0 saturated carbocycles. The largest absolute Gasteiger partial charge is 0.462 e. The number of Topliss-reactive ketones (excluding diaryl/α,β-unsaturated/α-hetero) is 2. The Kier molecular flexibility index (Phi) is 26.1. The number of carbonyl (C=O) groups is 9. The molecule has 20 nitrogen and oxygen atoms in total. The summed E-state index contributed by atoms with van der Waals surface area (Å²) in [5.74, 6) is -5.48. The molecule has 0 aliphatic carbocycles. The quantitative estimate of drug-likeness (QED) is 0.0181. The molecular weight excluding hydrogens is 1210 g/mol. The summed E-state index contributed by atoms with van der Waals surface area (Å²) in [4.78, 5) is 124. The summed E-state index contributed by atoms with van der Waals surface area (Å²) < 4.78 is 29.6. The molecule has 5 amide bonds. The molecule has 1 unspecified atom stereocenters. The van der Waals surface area contributed by atoms with Crippen molar-refractivity contribution < 1.29 is 71.9 Å². The topological polar surface area (TPSA) is 280 Å². The molecule has 0 aromatic heterocycles. The van der Waals surface area contributed by atoms with E-state index in [2.05, 4.69) is 33.1 Å². The highest BCUT2D eigenvalue weighted by molar-refractivity contribution is 9.09. The van der Waals surface area contributed by atoms with Crippen molar-refractivity contribution in [2.45, 2.75) is 193 Å². The number of unbranched alkanes of at least 4 members (excludes halogenated alkanes) is 1. The standard InChI is InChI=1S/C65H89BrClN5O15/c1-36(2)48(31-47(73)20-15-14-19-41(7)84-61(79)40(6)35-66)59(77)70-49(21-17-25-69-63(68)81)51(74)30-45-23-24-46(28-38(45)4)60(78)71(11)43(9)62(80)86-54-32-55(75)72(12)50-29-44(27-39(5)57(50)67)26-37(3)18-16-22-53(83-13)65(82)33-52(85-56(76)34-65)42(8)58-64(54,10)87-58/h16,18,22-24,27-29,36,41-43,48-49,52-54,58,82H,6,14-15,17,19-21,25-26,30-35H2,1-5,7-13H3,(H,70,77)(H3,68,69,81)/b22-16+,37-18+/t41?,42-,43+,48+,49+,52+,53-,54+,58+,64+,65-/m1/s1. The van der Waals surface area contributed by atoms with Gasteiger partial charge in [0.25, 0.3) is 5.91 Å². The van der Waals surface area contributed by atoms with Crippen molar-refractivity contribution in [3.63, 3.8) is 0 Å². The van der Waals surface area contributed by atoms with E-state index < -0.39 is 101 Å². The minimum Gasteiger partial charge on any atom is -0.462 e. The lowest BCUT2D eigenvalue weighted by Crippen LogP contribution is -2.53. The number of nitrogens with one attached hydrogen (secondary N) is 2. The number of alkyl halides is 1.